The summed E-state index contributed by atoms with van der Waals surface area (Å²) in [5.74, 6) is 2.14. The maximum Gasteiger partial charge on any atom is 0.0427 e. The molecular formula is C23H34N2. The number of anilines is 1. The average molecular weight is 339 g/mol. The van der Waals surface area contributed by atoms with Crippen LogP contribution in [0, 0.1) is 11.8 Å². The van der Waals surface area contributed by atoms with Crippen LogP contribution >= 0.6 is 0 Å². The Hall–Kier alpha value is -1.02. The summed E-state index contributed by atoms with van der Waals surface area (Å²) in [6.45, 7) is 3.94. The molecule has 0 amide bonds. The van der Waals surface area contributed by atoms with Crippen LogP contribution in [0.5, 0.6) is 0 Å². The van der Waals surface area contributed by atoms with Crippen molar-refractivity contribution in [2.45, 2.75) is 75.8 Å². The average Bonchev–Trinajstić information content (AvgIpc) is 3.27. The van der Waals surface area contributed by atoms with E-state index >= 15 is 0 Å². The highest BCUT2D eigenvalue weighted by molar-refractivity contribution is 5.50. The second kappa shape index (κ2) is 6.61. The first-order chi connectivity index (χ1) is 12.3. The first kappa shape index (κ1) is 16.2. The summed E-state index contributed by atoms with van der Waals surface area (Å²) in [5.41, 5.74) is 1.92. The first-order valence-electron chi connectivity index (χ1n) is 10.9. The molecule has 2 unspecified atom stereocenters. The predicted octanol–water partition coefficient (Wildman–Crippen LogP) is 5.09. The van der Waals surface area contributed by atoms with E-state index in [4.69, 9.17) is 0 Å². The molecule has 0 radical (unpaired) electrons. The molecular weight excluding hydrogens is 304 g/mol. The number of hydrogen-bond donors (Lipinski definition) is 0. The number of nitrogens with zero attached hydrogens (tertiary/aromatic N) is 2. The predicted molar refractivity (Wildman–Crippen MR) is 105 cm³/mol. The van der Waals surface area contributed by atoms with E-state index in [1.165, 1.54) is 89.5 Å². The number of benzene rings is 1. The van der Waals surface area contributed by atoms with Crippen LogP contribution in [0.3, 0.4) is 0 Å². The molecule has 0 bridgehead atoms. The zero-order valence-electron chi connectivity index (χ0n) is 15.7. The third-order valence-corrected chi connectivity index (χ3v) is 8.13. The maximum absolute atomic E-state index is 2.89. The fourth-order valence-electron chi connectivity index (χ4n) is 6.77. The Kier molecular flexibility index (Phi) is 4.28. The molecule has 4 fully saturated rings. The van der Waals surface area contributed by atoms with Crippen molar-refractivity contribution in [3.63, 3.8) is 0 Å². The fourth-order valence-corrected chi connectivity index (χ4v) is 6.77. The molecule has 2 heterocycles. The van der Waals surface area contributed by atoms with Crippen molar-refractivity contribution < 1.29 is 0 Å². The van der Waals surface area contributed by atoms with E-state index in [2.05, 4.69) is 40.1 Å². The summed E-state index contributed by atoms with van der Waals surface area (Å²) in [4.78, 5) is 5.66. The maximum atomic E-state index is 2.89. The van der Waals surface area contributed by atoms with Gasteiger partial charge in [-0.2, -0.15) is 0 Å². The van der Waals surface area contributed by atoms with Crippen molar-refractivity contribution in [1.82, 2.24) is 4.90 Å². The Morgan fingerprint density at radius 3 is 2.12 bits per heavy atom. The zero-order chi connectivity index (χ0) is 16.7. The number of hydrogen-bond acceptors (Lipinski definition) is 2. The third-order valence-electron chi connectivity index (χ3n) is 8.13. The van der Waals surface area contributed by atoms with Crippen molar-refractivity contribution in [3.05, 3.63) is 30.3 Å². The molecule has 2 aliphatic heterocycles. The van der Waals surface area contributed by atoms with Gasteiger partial charge < -0.3 is 9.80 Å². The molecule has 136 valence electrons. The molecule has 1 aromatic carbocycles. The van der Waals surface area contributed by atoms with Crippen molar-refractivity contribution in [3.8, 4) is 0 Å². The fraction of sp³-hybridized carbons (Fsp3) is 0.739. The number of likely N-dealkylation sites (tertiary alicyclic amines) is 1. The SMILES string of the molecule is c1ccc(N2CCCC23CCN(C2CC4CCCCC4C2)CC3)cc1. The van der Waals surface area contributed by atoms with E-state index in [1.807, 2.05) is 0 Å². The van der Waals surface area contributed by atoms with Gasteiger partial charge in [0, 0.05) is 36.9 Å². The van der Waals surface area contributed by atoms with Crippen LogP contribution in [0.1, 0.15) is 64.2 Å². The highest BCUT2D eigenvalue weighted by atomic mass is 15.3. The van der Waals surface area contributed by atoms with Gasteiger partial charge in [0.25, 0.3) is 0 Å². The molecule has 2 saturated carbocycles. The minimum atomic E-state index is 0.462. The third kappa shape index (κ3) is 2.91. The molecule has 25 heavy (non-hydrogen) atoms. The van der Waals surface area contributed by atoms with Gasteiger partial charge in [-0.3, -0.25) is 0 Å². The number of piperidine rings is 1. The van der Waals surface area contributed by atoms with E-state index in [0.29, 0.717) is 5.54 Å². The molecule has 1 spiro atoms. The summed E-state index contributed by atoms with van der Waals surface area (Å²) in [5, 5.41) is 0. The number of para-hydroxylation sites is 1. The summed E-state index contributed by atoms with van der Waals surface area (Å²) in [6.07, 6.45) is 14.6. The lowest BCUT2D eigenvalue weighted by Crippen LogP contribution is -2.54. The highest BCUT2D eigenvalue weighted by Gasteiger charge is 2.45. The summed E-state index contributed by atoms with van der Waals surface area (Å²) >= 11 is 0. The van der Waals surface area contributed by atoms with E-state index in [0.717, 1.165) is 17.9 Å². The smallest absolute Gasteiger partial charge is 0.0427 e. The Bertz CT molecular complexity index is 561. The van der Waals surface area contributed by atoms with Crippen LogP contribution in [0.2, 0.25) is 0 Å². The lowest BCUT2D eigenvalue weighted by molar-refractivity contribution is 0.116. The second-order valence-corrected chi connectivity index (χ2v) is 9.28. The molecule has 2 aliphatic carbocycles. The topological polar surface area (TPSA) is 6.48 Å². The molecule has 4 aliphatic rings. The lowest BCUT2D eigenvalue weighted by atomic mass is 9.82. The van der Waals surface area contributed by atoms with Gasteiger partial charge >= 0.3 is 0 Å². The van der Waals surface area contributed by atoms with Crippen LogP contribution in [0.15, 0.2) is 30.3 Å². The van der Waals surface area contributed by atoms with Gasteiger partial charge in [-0.15, -0.1) is 0 Å². The highest BCUT2D eigenvalue weighted by Crippen LogP contribution is 2.46. The normalized spacial score (nSPS) is 35.2. The lowest BCUT2D eigenvalue weighted by Gasteiger charge is -2.47. The Morgan fingerprint density at radius 2 is 1.44 bits per heavy atom. The minimum Gasteiger partial charge on any atom is -0.366 e. The van der Waals surface area contributed by atoms with Crippen LogP contribution in [-0.4, -0.2) is 36.1 Å². The van der Waals surface area contributed by atoms with Gasteiger partial charge in [0.15, 0.2) is 0 Å². The summed E-state index contributed by atoms with van der Waals surface area (Å²) in [7, 11) is 0. The Labute approximate surface area is 153 Å². The summed E-state index contributed by atoms with van der Waals surface area (Å²) < 4.78 is 0. The van der Waals surface area contributed by atoms with Crippen LogP contribution in [0.25, 0.3) is 0 Å². The van der Waals surface area contributed by atoms with Crippen molar-refractivity contribution in [2.75, 3.05) is 24.5 Å². The van der Waals surface area contributed by atoms with E-state index in [1.54, 1.807) is 0 Å². The zero-order valence-corrected chi connectivity index (χ0v) is 15.7. The number of fused-ring (bicyclic) bond motifs is 1. The minimum absolute atomic E-state index is 0.462. The van der Waals surface area contributed by atoms with Crippen molar-refractivity contribution >= 4 is 5.69 Å². The molecule has 0 aromatic heterocycles. The molecule has 2 atom stereocenters. The van der Waals surface area contributed by atoms with E-state index < -0.39 is 0 Å². The van der Waals surface area contributed by atoms with Gasteiger partial charge in [0.05, 0.1) is 0 Å². The van der Waals surface area contributed by atoms with Crippen LogP contribution in [0.4, 0.5) is 5.69 Å². The summed E-state index contributed by atoms with van der Waals surface area (Å²) in [6, 6.07) is 12.1. The molecule has 2 saturated heterocycles. The Balaban J connectivity index is 1.25. The van der Waals surface area contributed by atoms with Crippen molar-refractivity contribution in [1.29, 1.82) is 0 Å². The van der Waals surface area contributed by atoms with Gasteiger partial charge in [-0.25, -0.2) is 0 Å². The second-order valence-electron chi connectivity index (χ2n) is 9.28. The van der Waals surface area contributed by atoms with Gasteiger partial charge in [0.2, 0.25) is 0 Å². The van der Waals surface area contributed by atoms with E-state index in [-0.39, 0.29) is 0 Å². The van der Waals surface area contributed by atoms with Crippen molar-refractivity contribution in [2.24, 2.45) is 11.8 Å². The monoisotopic (exact) mass is 338 g/mol. The molecule has 2 nitrogen and oxygen atoms in total. The molecule has 2 heteroatoms. The van der Waals surface area contributed by atoms with E-state index in [9.17, 15) is 0 Å². The Morgan fingerprint density at radius 1 is 0.760 bits per heavy atom. The van der Waals surface area contributed by atoms with Gasteiger partial charge in [-0.05, 0) is 62.5 Å². The van der Waals surface area contributed by atoms with Crippen LogP contribution < -0.4 is 4.90 Å². The molecule has 1 aromatic rings. The quantitative estimate of drug-likeness (QED) is 0.741. The largest absolute Gasteiger partial charge is 0.366 e. The van der Waals surface area contributed by atoms with Crippen LogP contribution in [-0.2, 0) is 0 Å². The first-order valence-corrected chi connectivity index (χ1v) is 10.9. The number of rotatable bonds is 2. The molecule has 5 rings (SSSR count). The standard InChI is InChI=1S/C23H34N2/c1-2-9-21(10-3-1)25-14-6-11-23(25)12-15-24(16-13-23)22-17-19-7-4-5-8-20(19)18-22/h1-3,9-10,19-20,22H,4-8,11-18H2. The van der Waals surface area contributed by atoms with Gasteiger partial charge in [-0.1, -0.05) is 43.9 Å². The van der Waals surface area contributed by atoms with Gasteiger partial charge in [0.1, 0.15) is 0 Å². The molecule has 0 N–H and O–H groups in total.